The van der Waals surface area contributed by atoms with Gasteiger partial charge in [-0.1, -0.05) is 5.57 Å². The standard InChI is InChI=1S/C7H14N/c1-7(2)5-6-8(3)4/h5-6H,1-4H3/q+1. The average Bonchev–Trinajstić information content (AvgIpc) is 1.61. The molecule has 0 radical (unpaired) electrons. The van der Waals surface area contributed by atoms with Gasteiger partial charge in [-0.2, -0.15) is 0 Å². The average molecular weight is 112 g/mol. The van der Waals surface area contributed by atoms with E-state index in [1.807, 2.05) is 24.9 Å². The zero-order valence-electron chi connectivity index (χ0n) is 6.10. The maximum Gasteiger partial charge on any atom is 0.162 e. The van der Waals surface area contributed by atoms with Crippen LogP contribution in [0.5, 0.6) is 0 Å². The molecule has 0 saturated carbocycles. The highest BCUT2D eigenvalue weighted by Crippen LogP contribution is 1.82. The van der Waals surface area contributed by atoms with Crippen molar-refractivity contribution in [1.29, 1.82) is 0 Å². The lowest BCUT2D eigenvalue weighted by molar-refractivity contribution is -0.458. The molecule has 0 amide bonds. The van der Waals surface area contributed by atoms with Gasteiger partial charge in [-0.05, 0) is 19.9 Å². The molecule has 0 saturated heterocycles. The molecule has 0 aliphatic carbocycles. The third kappa shape index (κ3) is 5.41. The first kappa shape index (κ1) is 7.41. The van der Waals surface area contributed by atoms with E-state index < -0.39 is 0 Å². The van der Waals surface area contributed by atoms with Crippen LogP contribution in [-0.4, -0.2) is 24.9 Å². The summed E-state index contributed by atoms with van der Waals surface area (Å²) in [5.74, 6) is 0. The molecule has 0 aromatic heterocycles. The van der Waals surface area contributed by atoms with Crippen LogP contribution in [0.1, 0.15) is 13.8 Å². The van der Waals surface area contributed by atoms with Crippen LogP contribution >= 0.6 is 0 Å². The number of nitrogens with zero attached hydrogens (tertiary/aromatic N) is 1. The summed E-state index contributed by atoms with van der Waals surface area (Å²) in [5, 5.41) is 0. The molecule has 0 aliphatic heterocycles. The lowest BCUT2D eigenvalue weighted by Crippen LogP contribution is -1.95. The highest BCUT2D eigenvalue weighted by atomic mass is 14.9. The summed E-state index contributed by atoms with van der Waals surface area (Å²) < 4.78 is 2.02. The zero-order chi connectivity index (χ0) is 6.57. The van der Waals surface area contributed by atoms with Crippen LogP contribution in [-0.2, 0) is 0 Å². The lowest BCUT2D eigenvalue weighted by Gasteiger charge is -1.80. The van der Waals surface area contributed by atoms with Crippen LogP contribution in [0, 0.1) is 0 Å². The fourth-order valence-electron chi connectivity index (χ4n) is 0.298. The van der Waals surface area contributed by atoms with Gasteiger partial charge >= 0.3 is 0 Å². The summed E-state index contributed by atoms with van der Waals surface area (Å²) in [7, 11) is 4.03. The molecule has 0 aromatic rings. The first-order valence-corrected chi connectivity index (χ1v) is 2.77. The van der Waals surface area contributed by atoms with Gasteiger partial charge in [0.1, 0.15) is 14.1 Å². The fourth-order valence-corrected chi connectivity index (χ4v) is 0.298. The smallest absolute Gasteiger partial charge is 0.162 e. The summed E-state index contributed by atoms with van der Waals surface area (Å²) in [5.41, 5.74) is 1.33. The van der Waals surface area contributed by atoms with Crippen molar-refractivity contribution in [2.75, 3.05) is 14.1 Å². The van der Waals surface area contributed by atoms with E-state index >= 15 is 0 Å². The minimum absolute atomic E-state index is 1.33. The van der Waals surface area contributed by atoms with Crippen LogP contribution in [0.3, 0.4) is 0 Å². The number of allylic oxidation sites excluding steroid dienone is 2. The van der Waals surface area contributed by atoms with Crippen LogP contribution in [0.25, 0.3) is 0 Å². The largest absolute Gasteiger partial charge is 0.241 e. The molecule has 0 bridgehead atoms. The van der Waals surface area contributed by atoms with Crippen molar-refractivity contribution >= 4 is 6.21 Å². The quantitative estimate of drug-likeness (QED) is 0.355. The normalized spacial score (nSPS) is 8.00. The fraction of sp³-hybridized carbons (Fsp3) is 0.571. The first-order chi connectivity index (χ1) is 3.63. The van der Waals surface area contributed by atoms with E-state index in [4.69, 9.17) is 0 Å². The minimum atomic E-state index is 1.33. The van der Waals surface area contributed by atoms with Crippen molar-refractivity contribution in [2.24, 2.45) is 0 Å². The molecule has 8 heavy (non-hydrogen) atoms. The molecule has 1 nitrogen and oxygen atoms in total. The molecule has 0 unspecified atom stereocenters. The predicted octanol–water partition coefficient (Wildman–Crippen LogP) is 1.30. The zero-order valence-corrected chi connectivity index (χ0v) is 6.10. The van der Waals surface area contributed by atoms with Crippen LogP contribution in [0.15, 0.2) is 11.6 Å². The van der Waals surface area contributed by atoms with Gasteiger partial charge in [0.15, 0.2) is 6.21 Å². The predicted molar refractivity (Wildman–Crippen MR) is 37.6 cm³/mol. The minimum Gasteiger partial charge on any atom is -0.241 e. The SMILES string of the molecule is CC(C)=CC=[N+](C)C. The molecule has 0 aromatic carbocycles. The summed E-state index contributed by atoms with van der Waals surface area (Å²) in [4.78, 5) is 0. The Morgan fingerprint density at radius 3 is 1.88 bits per heavy atom. The Hall–Kier alpha value is -0.590. The van der Waals surface area contributed by atoms with Crippen molar-refractivity contribution in [1.82, 2.24) is 0 Å². The molecule has 0 rings (SSSR count). The summed E-state index contributed by atoms with van der Waals surface area (Å²) in [6.45, 7) is 4.17. The molecule has 0 aliphatic rings. The molecule has 0 atom stereocenters. The first-order valence-electron chi connectivity index (χ1n) is 2.77. The van der Waals surface area contributed by atoms with E-state index in [1.165, 1.54) is 5.57 Å². The van der Waals surface area contributed by atoms with E-state index in [1.54, 1.807) is 0 Å². The molecular weight excluding hydrogens is 98.1 g/mol. The summed E-state index contributed by atoms with van der Waals surface area (Å²) in [6, 6.07) is 0. The van der Waals surface area contributed by atoms with Gasteiger partial charge in [-0.3, -0.25) is 0 Å². The van der Waals surface area contributed by atoms with Gasteiger partial charge in [0, 0.05) is 0 Å². The number of rotatable bonds is 1. The Balaban J connectivity index is 3.76. The molecule has 1 heteroatoms. The van der Waals surface area contributed by atoms with E-state index in [0.29, 0.717) is 0 Å². The Kier molecular flexibility index (Phi) is 3.16. The second-order valence-corrected chi connectivity index (χ2v) is 2.36. The topological polar surface area (TPSA) is 3.01 Å². The monoisotopic (exact) mass is 112 g/mol. The van der Waals surface area contributed by atoms with Gasteiger partial charge in [-0.25, -0.2) is 4.58 Å². The van der Waals surface area contributed by atoms with Gasteiger partial charge in [-0.15, -0.1) is 0 Å². The van der Waals surface area contributed by atoms with Crippen molar-refractivity contribution in [3.63, 3.8) is 0 Å². The molecule has 46 valence electrons. The van der Waals surface area contributed by atoms with Crippen LogP contribution in [0.2, 0.25) is 0 Å². The number of hydrogen-bond acceptors (Lipinski definition) is 0. The van der Waals surface area contributed by atoms with Gasteiger partial charge in [0.2, 0.25) is 0 Å². The van der Waals surface area contributed by atoms with Crippen molar-refractivity contribution in [3.05, 3.63) is 11.6 Å². The Morgan fingerprint density at radius 1 is 1.25 bits per heavy atom. The number of hydrogen-bond donors (Lipinski definition) is 0. The lowest BCUT2D eigenvalue weighted by atomic mass is 10.3. The summed E-state index contributed by atoms with van der Waals surface area (Å²) >= 11 is 0. The second-order valence-electron chi connectivity index (χ2n) is 2.36. The van der Waals surface area contributed by atoms with E-state index in [0.717, 1.165) is 0 Å². The van der Waals surface area contributed by atoms with Crippen molar-refractivity contribution in [2.45, 2.75) is 13.8 Å². The third-order valence-corrected chi connectivity index (χ3v) is 0.706. The molecule has 0 fully saturated rings. The van der Waals surface area contributed by atoms with Gasteiger partial charge in [0.05, 0.1) is 0 Å². The third-order valence-electron chi connectivity index (χ3n) is 0.706. The van der Waals surface area contributed by atoms with E-state index in [2.05, 4.69) is 19.9 Å². The van der Waals surface area contributed by atoms with E-state index in [-0.39, 0.29) is 0 Å². The molecule has 0 N–H and O–H groups in total. The maximum absolute atomic E-state index is 2.08. The van der Waals surface area contributed by atoms with Crippen molar-refractivity contribution in [3.8, 4) is 0 Å². The highest BCUT2D eigenvalue weighted by molar-refractivity contribution is 5.66. The second kappa shape index (κ2) is 3.42. The Morgan fingerprint density at radius 2 is 1.75 bits per heavy atom. The Bertz CT molecular complexity index is 96.3. The van der Waals surface area contributed by atoms with Gasteiger partial charge < -0.3 is 0 Å². The highest BCUT2D eigenvalue weighted by Gasteiger charge is 1.76. The van der Waals surface area contributed by atoms with Crippen LogP contribution < -0.4 is 0 Å². The maximum atomic E-state index is 2.08. The summed E-state index contributed by atoms with van der Waals surface area (Å²) in [6.07, 6.45) is 4.12. The van der Waals surface area contributed by atoms with Crippen molar-refractivity contribution < 1.29 is 4.58 Å². The van der Waals surface area contributed by atoms with E-state index in [9.17, 15) is 0 Å². The molecular formula is C7H14N+. The molecule has 0 heterocycles. The van der Waals surface area contributed by atoms with Gasteiger partial charge in [0.25, 0.3) is 0 Å². The molecule has 0 spiro atoms. The van der Waals surface area contributed by atoms with Crippen LogP contribution in [0.4, 0.5) is 0 Å². The Labute approximate surface area is 51.3 Å².